The number of nitrogens with zero attached hydrogens (tertiary/aromatic N) is 2. The number of imidazole rings is 1. The average Bonchev–Trinajstić information content (AvgIpc) is 2.67. The highest BCUT2D eigenvalue weighted by Crippen LogP contribution is 2.22. The summed E-state index contributed by atoms with van der Waals surface area (Å²) in [5, 5.41) is 3.07. The molecule has 2 aromatic rings. The van der Waals surface area contributed by atoms with Gasteiger partial charge in [0.25, 0.3) is 0 Å². The van der Waals surface area contributed by atoms with Crippen LogP contribution >= 0.6 is 0 Å². The van der Waals surface area contributed by atoms with Crippen LogP contribution in [0.1, 0.15) is 5.56 Å². The van der Waals surface area contributed by atoms with E-state index in [1.54, 1.807) is 12.3 Å². The van der Waals surface area contributed by atoms with Gasteiger partial charge in [-0.3, -0.25) is 0 Å². The lowest BCUT2D eigenvalue weighted by atomic mass is 10.1. The van der Waals surface area contributed by atoms with E-state index in [0.717, 1.165) is 17.0 Å². The fourth-order valence-electron chi connectivity index (χ4n) is 1.73. The van der Waals surface area contributed by atoms with Crippen molar-refractivity contribution in [1.82, 2.24) is 14.9 Å². The highest BCUT2D eigenvalue weighted by molar-refractivity contribution is 5.60. The average molecular weight is 219 g/mol. The Kier molecular flexibility index (Phi) is 3.01. The minimum atomic E-state index is -0.238. The fourth-order valence-corrected chi connectivity index (χ4v) is 1.73. The van der Waals surface area contributed by atoms with Crippen LogP contribution < -0.4 is 5.32 Å². The summed E-state index contributed by atoms with van der Waals surface area (Å²) in [7, 11) is 3.77. The van der Waals surface area contributed by atoms with Crippen molar-refractivity contribution in [1.29, 1.82) is 0 Å². The minimum Gasteiger partial charge on any atom is -0.334 e. The monoisotopic (exact) mass is 219 g/mol. The molecule has 4 heteroatoms. The molecule has 0 radical (unpaired) electrons. The van der Waals surface area contributed by atoms with E-state index in [9.17, 15) is 4.39 Å². The number of halogens is 1. The first-order valence-corrected chi connectivity index (χ1v) is 5.13. The highest BCUT2D eigenvalue weighted by Gasteiger charge is 2.09. The van der Waals surface area contributed by atoms with E-state index in [0.29, 0.717) is 6.54 Å². The van der Waals surface area contributed by atoms with Gasteiger partial charge < -0.3 is 9.88 Å². The van der Waals surface area contributed by atoms with Gasteiger partial charge in [-0.05, 0) is 24.7 Å². The van der Waals surface area contributed by atoms with Crippen LogP contribution in [0.5, 0.6) is 0 Å². The van der Waals surface area contributed by atoms with Gasteiger partial charge in [0, 0.05) is 31.5 Å². The molecule has 16 heavy (non-hydrogen) atoms. The van der Waals surface area contributed by atoms with Gasteiger partial charge in [-0.1, -0.05) is 6.07 Å². The van der Waals surface area contributed by atoms with Crippen molar-refractivity contribution < 1.29 is 4.39 Å². The third kappa shape index (κ3) is 1.97. The predicted octanol–water partition coefficient (Wildman–Crippen LogP) is 1.95. The van der Waals surface area contributed by atoms with E-state index in [4.69, 9.17) is 0 Å². The van der Waals surface area contributed by atoms with Crippen LogP contribution in [0.15, 0.2) is 30.6 Å². The second-order valence-corrected chi connectivity index (χ2v) is 3.69. The predicted molar refractivity (Wildman–Crippen MR) is 61.4 cm³/mol. The summed E-state index contributed by atoms with van der Waals surface area (Å²) in [4.78, 5) is 4.24. The Morgan fingerprint density at radius 2 is 2.25 bits per heavy atom. The smallest absolute Gasteiger partial charge is 0.140 e. The lowest BCUT2D eigenvalue weighted by molar-refractivity contribution is 0.626. The molecule has 0 amide bonds. The normalized spacial score (nSPS) is 10.7. The van der Waals surface area contributed by atoms with E-state index in [-0.39, 0.29) is 5.82 Å². The Labute approximate surface area is 93.9 Å². The Balaban J connectivity index is 2.53. The molecule has 0 spiro atoms. The third-order valence-electron chi connectivity index (χ3n) is 2.50. The van der Waals surface area contributed by atoms with Gasteiger partial charge in [-0.15, -0.1) is 0 Å². The van der Waals surface area contributed by atoms with Crippen LogP contribution in [0.3, 0.4) is 0 Å². The quantitative estimate of drug-likeness (QED) is 0.855. The molecule has 0 atom stereocenters. The van der Waals surface area contributed by atoms with Crippen LogP contribution in [0.4, 0.5) is 4.39 Å². The molecule has 0 aliphatic heterocycles. The van der Waals surface area contributed by atoms with E-state index in [1.807, 2.05) is 24.9 Å². The zero-order chi connectivity index (χ0) is 11.5. The molecule has 0 bridgehead atoms. The topological polar surface area (TPSA) is 29.9 Å². The molecule has 1 aromatic heterocycles. The molecule has 1 N–H and O–H groups in total. The second-order valence-electron chi connectivity index (χ2n) is 3.69. The summed E-state index contributed by atoms with van der Waals surface area (Å²) >= 11 is 0. The van der Waals surface area contributed by atoms with Crippen molar-refractivity contribution in [3.05, 3.63) is 42.0 Å². The van der Waals surface area contributed by atoms with Crippen molar-refractivity contribution in [2.45, 2.75) is 6.54 Å². The first kappa shape index (κ1) is 10.8. The summed E-state index contributed by atoms with van der Waals surface area (Å²) in [6, 6.07) is 4.78. The number of aryl methyl sites for hydroxylation is 1. The van der Waals surface area contributed by atoms with Crippen molar-refractivity contribution >= 4 is 0 Å². The van der Waals surface area contributed by atoms with Gasteiger partial charge in [-0.25, -0.2) is 9.37 Å². The lowest BCUT2D eigenvalue weighted by Gasteiger charge is -2.09. The maximum atomic E-state index is 13.3. The summed E-state index contributed by atoms with van der Waals surface area (Å²) in [6.07, 6.45) is 3.56. The van der Waals surface area contributed by atoms with E-state index in [1.165, 1.54) is 12.1 Å². The maximum absolute atomic E-state index is 13.3. The highest BCUT2D eigenvalue weighted by atomic mass is 19.1. The lowest BCUT2D eigenvalue weighted by Crippen LogP contribution is -2.07. The zero-order valence-electron chi connectivity index (χ0n) is 9.37. The Morgan fingerprint density at radius 3 is 2.88 bits per heavy atom. The number of aromatic nitrogens is 2. The summed E-state index contributed by atoms with van der Waals surface area (Å²) < 4.78 is 15.1. The summed E-state index contributed by atoms with van der Waals surface area (Å²) in [5.74, 6) is 0.544. The molecular formula is C12H14FN3. The number of rotatable bonds is 3. The van der Waals surface area contributed by atoms with Crippen LogP contribution in [-0.4, -0.2) is 16.6 Å². The summed E-state index contributed by atoms with van der Waals surface area (Å²) in [6.45, 7) is 0.697. The minimum absolute atomic E-state index is 0.238. The van der Waals surface area contributed by atoms with Crippen LogP contribution in [-0.2, 0) is 13.6 Å². The molecule has 84 valence electrons. The molecule has 0 aliphatic rings. The standard InChI is InChI=1S/C12H14FN3/c1-14-8-9-3-4-10(13)7-11(9)12-15-5-6-16(12)2/h3-7,14H,8H2,1-2H3. The van der Waals surface area contributed by atoms with Gasteiger partial charge in [0.1, 0.15) is 11.6 Å². The van der Waals surface area contributed by atoms with Gasteiger partial charge in [-0.2, -0.15) is 0 Å². The molecule has 1 heterocycles. The SMILES string of the molecule is CNCc1ccc(F)cc1-c1nccn1C. The Bertz CT molecular complexity index is 491. The number of hydrogen-bond donors (Lipinski definition) is 1. The number of benzene rings is 1. The van der Waals surface area contributed by atoms with E-state index >= 15 is 0 Å². The van der Waals surface area contributed by atoms with Gasteiger partial charge in [0.05, 0.1) is 0 Å². The molecule has 1 aromatic carbocycles. The van der Waals surface area contributed by atoms with Crippen molar-refractivity contribution in [2.24, 2.45) is 7.05 Å². The van der Waals surface area contributed by atoms with E-state index in [2.05, 4.69) is 10.3 Å². The number of nitrogens with one attached hydrogen (secondary N) is 1. The van der Waals surface area contributed by atoms with E-state index < -0.39 is 0 Å². The largest absolute Gasteiger partial charge is 0.334 e. The zero-order valence-corrected chi connectivity index (χ0v) is 9.37. The summed E-state index contributed by atoms with van der Waals surface area (Å²) in [5.41, 5.74) is 1.88. The van der Waals surface area contributed by atoms with Crippen molar-refractivity contribution in [2.75, 3.05) is 7.05 Å². The van der Waals surface area contributed by atoms with Gasteiger partial charge in [0.15, 0.2) is 0 Å². The Hall–Kier alpha value is -1.68. The molecule has 3 nitrogen and oxygen atoms in total. The third-order valence-corrected chi connectivity index (χ3v) is 2.50. The maximum Gasteiger partial charge on any atom is 0.140 e. The van der Waals surface area contributed by atoms with Crippen LogP contribution in [0, 0.1) is 5.82 Å². The molecule has 0 fully saturated rings. The van der Waals surface area contributed by atoms with Gasteiger partial charge >= 0.3 is 0 Å². The molecular weight excluding hydrogens is 205 g/mol. The van der Waals surface area contributed by atoms with Crippen molar-refractivity contribution in [3.8, 4) is 11.4 Å². The molecule has 0 saturated carbocycles. The Morgan fingerprint density at radius 1 is 1.44 bits per heavy atom. The van der Waals surface area contributed by atoms with Crippen molar-refractivity contribution in [3.63, 3.8) is 0 Å². The first-order valence-electron chi connectivity index (χ1n) is 5.13. The molecule has 0 unspecified atom stereocenters. The number of hydrogen-bond acceptors (Lipinski definition) is 2. The van der Waals surface area contributed by atoms with Crippen LogP contribution in [0.25, 0.3) is 11.4 Å². The molecule has 0 aliphatic carbocycles. The second kappa shape index (κ2) is 4.45. The molecule has 0 saturated heterocycles. The van der Waals surface area contributed by atoms with Crippen LogP contribution in [0.2, 0.25) is 0 Å². The molecule has 2 rings (SSSR count). The van der Waals surface area contributed by atoms with Gasteiger partial charge in [0.2, 0.25) is 0 Å². The fraction of sp³-hybridized carbons (Fsp3) is 0.250. The first-order chi connectivity index (χ1) is 7.72.